The van der Waals surface area contributed by atoms with Crippen LogP contribution in [0.3, 0.4) is 0 Å². The number of nitro groups is 1. The number of nitrogens with zero attached hydrogens (tertiary/aromatic N) is 1. The van der Waals surface area contributed by atoms with E-state index >= 15 is 0 Å². The summed E-state index contributed by atoms with van der Waals surface area (Å²) in [7, 11) is 2.28. The van der Waals surface area contributed by atoms with Gasteiger partial charge in [-0.1, -0.05) is 30.3 Å². The molecule has 0 fully saturated rings. The van der Waals surface area contributed by atoms with Crippen LogP contribution in [0.25, 0.3) is 0 Å². The molecule has 0 aliphatic heterocycles. The van der Waals surface area contributed by atoms with Gasteiger partial charge in [-0.2, -0.15) is 0 Å². The van der Waals surface area contributed by atoms with Gasteiger partial charge in [0.1, 0.15) is 6.61 Å². The minimum absolute atomic E-state index is 0.00996. The Hall–Kier alpha value is -5.79. The van der Waals surface area contributed by atoms with Crippen molar-refractivity contribution in [1.82, 2.24) is 0 Å². The second kappa shape index (κ2) is 14.2. The highest BCUT2D eigenvalue weighted by Crippen LogP contribution is 2.19. The summed E-state index contributed by atoms with van der Waals surface area (Å²) < 4.78 is 14.0. The number of non-ortho nitro benzene ring substituents is 1. The zero-order valence-electron chi connectivity index (χ0n) is 21.0. The fraction of sp³-hybridized carbons (Fsp3) is 0.115. The molecule has 3 rings (SSSR count). The Balaban J connectivity index is 0.000000305. The molecule has 0 aliphatic carbocycles. The summed E-state index contributed by atoms with van der Waals surface area (Å²) in [5, 5.41) is 30.7. The van der Waals surface area contributed by atoms with Gasteiger partial charge in [-0.15, -0.1) is 0 Å². The number of ether oxygens (including phenoxy) is 3. The van der Waals surface area contributed by atoms with E-state index < -0.39 is 40.6 Å². The topological polar surface area (TPSA) is 209 Å². The minimum atomic E-state index is -1.35. The third-order valence-corrected chi connectivity index (χ3v) is 4.86. The van der Waals surface area contributed by atoms with Crippen LogP contribution in [-0.4, -0.2) is 59.3 Å². The molecule has 0 unspecified atom stereocenters. The molecule has 0 radical (unpaired) electrons. The number of carboxylic acids is 2. The molecule has 1 amide bonds. The quantitative estimate of drug-likeness (QED) is 0.156. The van der Waals surface area contributed by atoms with E-state index in [2.05, 4.69) is 14.8 Å². The summed E-state index contributed by atoms with van der Waals surface area (Å²) in [6.45, 7) is 0.0646. The summed E-state index contributed by atoms with van der Waals surface area (Å²) in [6, 6.07) is 15.6. The zero-order chi connectivity index (χ0) is 29.8. The number of aromatic carboxylic acids is 2. The SMILES string of the molecule is COC(=O)c1cc(C(=O)O)cc([N+](=O)[O-])c1.COC(=O)c1cc(NC(=O)OCc2ccccc2)cc(C(=O)O)c1. The van der Waals surface area contributed by atoms with Crippen LogP contribution in [0.2, 0.25) is 0 Å². The first-order chi connectivity index (χ1) is 18.9. The van der Waals surface area contributed by atoms with E-state index in [4.69, 9.17) is 14.9 Å². The molecule has 14 heteroatoms. The summed E-state index contributed by atoms with van der Waals surface area (Å²) >= 11 is 0. The summed E-state index contributed by atoms with van der Waals surface area (Å²) in [5.41, 5.74) is -0.202. The van der Waals surface area contributed by atoms with E-state index in [1.807, 2.05) is 18.2 Å². The van der Waals surface area contributed by atoms with Gasteiger partial charge in [0.2, 0.25) is 0 Å². The average Bonchev–Trinajstić information content (AvgIpc) is 2.95. The van der Waals surface area contributed by atoms with Gasteiger partial charge in [0, 0.05) is 17.8 Å². The van der Waals surface area contributed by atoms with Gasteiger partial charge in [-0.3, -0.25) is 15.4 Å². The molecule has 0 spiro atoms. The number of amides is 1. The zero-order valence-corrected chi connectivity index (χ0v) is 21.0. The molecule has 3 aromatic carbocycles. The summed E-state index contributed by atoms with van der Waals surface area (Å²) in [6.07, 6.45) is -0.766. The van der Waals surface area contributed by atoms with Crippen LogP contribution in [0.1, 0.15) is 47.0 Å². The van der Waals surface area contributed by atoms with Gasteiger partial charge in [-0.05, 0) is 29.8 Å². The first-order valence-corrected chi connectivity index (χ1v) is 11.0. The van der Waals surface area contributed by atoms with E-state index in [-0.39, 0.29) is 34.5 Å². The largest absolute Gasteiger partial charge is 0.478 e. The third-order valence-electron chi connectivity index (χ3n) is 4.86. The number of rotatable bonds is 8. The van der Waals surface area contributed by atoms with Crippen LogP contribution in [0.15, 0.2) is 66.7 Å². The Bertz CT molecular complexity index is 1400. The number of carboxylic acid groups (broad SMARTS) is 2. The van der Waals surface area contributed by atoms with Crippen molar-refractivity contribution >= 4 is 41.3 Å². The van der Waals surface area contributed by atoms with E-state index in [0.29, 0.717) is 0 Å². The summed E-state index contributed by atoms with van der Waals surface area (Å²) in [4.78, 5) is 66.0. The highest BCUT2D eigenvalue weighted by molar-refractivity contribution is 5.98. The maximum Gasteiger partial charge on any atom is 0.411 e. The number of esters is 2. The Morgan fingerprint density at radius 1 is 0.775 bits per heavy atom. The average molecular weight is 554 g/mol. The van der Waals surface area contributed by atoms with Crippen molar-refractivity contribution in [3.63, 3.8) is 0 Å². The van der Waals surface area contributed by atoms with Gasteiger partial charge in [-0.25, -0.2) is 24.0 Å². The molecular weight excluding hydrogens is 532 g/mol. The number of hydrogen-bond donors (Lipinski definition) is 3. The number of carbonyl (C=O) groups is 5. The van der Waals surface area contributed by atoms with E-state index in [0.717, 1.165) is 36.9 Å². The number of nitrogens with one attached hydrogen (secondary N) is 1. The van der Waals surface area contributed by atoms with Gasteiger partial charge >= 0.3 is 30.0 Å². The Morgan fingerprint density at radius 2 is 1.25 bits per heavy atom. The number of methoxy groups -OCH3 is 2. The molecule has 0 heterocycles. The van der Waals surface area contributed by atoms with Crippen LogP contribution in [-0.2, 0) is 20.8 Å². The van der Waals surface area contributed by atoms with Crippen molar-refractivity contribution in [2.75, 3.05) is 19.5 Å². The lowest BCUT2D eigenvalue weighted by atomic mass is 10.1. The predicted molar refractivity (Wildman–Crippen MR) is 136 cm³/mol. The van der Waals surface area contributed by atoms with Gasteiger partial charge in [0.05, 0.1) is 41.4 Å². The number of benzene rings is 3. The van der Waals surface area contributed by atoms with Crippen LogP contribution < -0.4 is 5.32 Å². The Morgan fingerprint density at radius 3 is 1.75 bits per heavy atom. The first kappa shape index (κ1) is 30.4. The van der Waals surface area contributed by atoms with Crippen molar-refractivity contribution in [2.24, 2.45) is 0 Å². The number of hydrogen-bond acceptors (Lipinski definition) is 10. The number of carbonyl (C=O) groups excluding carboxylic acids is 3. The molecule has 3 aromatic rings. The predicted octanol–water partition coefficient (Wildman–Crippen LogP) is 4.00. The van der Waals surface area contributed by atoms with Crippen LogP contribution in [0.4, 0.5) is 16.2 Å². The van der Waals surface area contributed by atoms with Crippen molar-refractivity contribution in [3.8, 4) is 0 Å². The van der Waals surface area contributed by atoms with Crippen LogP contribution in [0, 0.1) is 10.1 Å². The number of nitro benzene ring substituents is 1. The molecule has 14 nitrogen and oxygen atoms in total. The van der Waals surface area contributed by atoms with E-state index in [1.54, 1.807) is 12.1 Å². The Labute approximate surface area is 225 Å². The standard InChI is InChI=1S/C17H15NO6.C9H7NO6/c1-23-16(21)13-7-12(15(19)20)8-14(9-13)18-17(22)24-10-11-5-3-2-4-6-11;1-16-9(13)6-2-5(8(11)12)3-7(4-6)10(14)15/h2-9H,10H2,1H3,(H,18,22)(H,19,20);2-4H,1H3,(H,11,12). The van der Waals surface area contributed by atoms with E-state index in [1.165, 1.54) is 19.2 Å². The molecule has 208 valence electrons. The molecule has 40 heavy (non-hydrogen) atoms. The Kier molecular flexibility index (Phi) is 10.8. The maximum atomic E-state index is 11.8. The van der Waals surface area contributed by atoms with Crippen LogP contribution >= 0.6 is 0 Å². The first-order valence-electron chi connectivity index (χ1n) is 11.0. The smallest absolute Gasteiger partial charge is 0.411 e. The molecule has 0 saturated carbocycles. The number of anilines is 1. The highest BCUT2D eigenvalue weighted by Gasteiger charge is 2.18. The highest BCUT2D eigenvalue weighted by atomic mass is 16.6. The second-order valence-corrected chi connectivity index (χ2v) is 7.60. The monoisotopic (exact) mass is 554 g/mol. The molecule has 0 atom stereocenters. The minimum Gasteiger partial charge on any atom is -0.478 e. The lowest BCUT2D eigenvalue weighted by Crippen LogP contribution is -2.15. The normalized spacial score (nSPS) is 9.75. The van der Waals surface area contributed by atoms with Gasteiger partial charge < -0.3 is 24.4 Å². The van der Waals surface area contributed by atoms with Crippen molar-refractivity contribution in [1.29, 1.82) is 0 Å². The molecule has 3 N–H and O–H groups in total. The molecule has 0 bridgehead atoms. The van der Waals surface area contributed by atoms with E-state index in [9.17, 15) is 34.1 Å². The fourth-order valence-corrected chi connectivity index (χ4v) is 3.01. The third kappa shape index (κ3) is 8.95. The van der Waals surface area contributed by atoms with Crippen molar-refractivity contribution < 1.29 is 53.3 Å². The van der Waals surface area contributed by atoms with Crippen LogP contribution in [0.5, 0.6) is 0 Å². The second-order valence-electron chi connectivity index (χ2n) is 7.60. The molecular formula is C26H22N2O12. The van der Waals surface area contributed by atoms with Gasteiger partial charge in [0.25, 0.3) is 5.69 Å². The molecule has 0 aliphatic rings. The lowest BCUT2D eigenvalue weighted by Gasteiger charge is -2.09. The van der Waals surface area contributed by atoms with Crippen molar-refractivity contribution in [2.45, 2.75) is 6.61 Å². The fourth-order valence-electron chi connectivity index (χ4n) is 3.01. The van der Waals surface area contributed by atoms with Crippen molar-refractivity contribution in [3.05, 3.63) is 105 Å². The van der Waals surface area contributed by atoms with Gasteiger partial charge in [0.15, 0.2) is 0 Å². The summed E-state index contributed by atoms with van der Waals surface area (Å²) in [5.74, 6) is -4.12. The lowest BCUT2D eigenvalue weighted by molar-refractivity contribution is -0.384. The maximum absolute atomic E-state index is 11.8. The molecule has 0 saturated heterocycles. The molecule has 0 aromatic heterocycles.